The summed E-state index contributed by atoms with van der Waals surface area (Å²) >= 11 is 0. The topological polar surface area (TPSA) is 18.5 Å². The Hall–Kier alpha value is -1.68. The Kier molecular flexibility index (Phi) is 7.02. The third-order valence-electron chi connectivity index (χ3n) is 9.82. The smallest absolute Gasteiger partial charge is 0.0351 e. The van der Waals surface area contributed by atoms with Crippen LogP contribution in [0.4, 0.5) is 0 Å². The minimum atomic E-state index is 0.601. The van der Waals surface area contributed by atoms with Gasteiger partial charge in [-0.25, -0.2) is 0 Å². The van der Waals surface area contributed by atoms with Crippen molar-refractivity contribution in [3.8, 4) is 0 Å². The van der Waals surface area contributed by atoms with E-state index in [1.165, 1.54) is 88.7 Å². The highest BCUT2D eigenvalue weighted by molar-refractivity contribution is 5.26. The van der Waals surface area contributed by atoms with Crippen molar-refractivity contribution in [1.82, 2.24) is 15.1 Å². The number of hydrogen-bond acceptors (Lipinski definition) is 3. The van der Waals surface area contributed by atoms with Crippen LogP contribution in [0, 0.1) is 25.7 Å². The number of piperidine rings is 2. The van der Waals surface area contributed by atoms with Crippen LogP contribution in [0.1, 0.15) is 85.7 Å². The molecule has 4 atom stereocenters. The van der Waals surface area contributed by atoms with Crippen LogP contribution < -0.4 is 5.32 Å². The molecule has 0 radical (unpaired) electrons. The molecule has 5 aliphatic rings. The standard InChI is InChI=1S/C32H45N3/c1-23-9-13-26(14-10-23)29-7-3-5-17-34(29)31-19-25-20-32(28(31)22-33-21-25)35-18-6-4-8-30(35)27-15-11-24(2)12-16-27/h9-16,25,28-33H,3-8,17-22H2,1-2H3. The van der Waals surface area contributed by atoms with Gasteiger partial charge in [-0.05, 0) is 89.1 Å². The van der Waals surface area contributed by atoms with Crippen LogP contribution in [-0.2, 0) is 0 Å². The molecule has 4 unspecified atom stereocenters. The molecule has 0 aromatic heterocycles. The van der Waals surface area contributed by atoms with E-state index in [0.29, 0.717) is 24.2 Å². The molecule has 2 bridgehead atoms. The highest BCUT2D eigenvalue weighted by Gasteiger charge is 2.48. The Morgan fingerprint density at radius 2 is 1.11 bits per heavy atom. The zero-order valence-corrected chi connectivity index (χ0v) is 22.0. The minimum Gasteiger partial charge on any atom is -0.316 e. The lowest BCUT2D eigenvalue weighted by atomic mass is 9.72. The lowest BCUT2D eigenvalue weighted by Crippen LogP contribution is -2.58. The van der Waals surface area contributed by atoms with E-state index in [0.717, 1.165) is 11.8 Å². The van der Waals surface area contributed by atoms with Gasteiger partial charge in [-0.2, -0.15) is 0 Å². The Morgan fingerprint density at radius 3 is 1.60 bits per heavy atom. The molecule has 2 aromatic rings. The molecule has 4 saturated heterocycles. The fourth-order valence-corrected chi connectivity index (χ4v) is 8.04. The van der Waals surface area contributed by atoms with Crippen molar-refractivity contribution >= 4 is 0 Å². The van der Waals surface area contributed by atoms with Crippen LogP contribution in [0.3, 0.4) is 0 Å². The Labute approximate surface area is 213 Å². The number of fused-ring (bicyclic) bond motifs is 4. The molecule has 0 amide bonds. The highest BCUT2D eigenvalue weighted by Crippen LogP contribution is 2.45. The van der Waals surface area contributed by atoms with Crippen LogP contribution >= 0.6 is 0 Å². The molecule has 4 heterocycles. The monoisotopic (exact) mass is 471 g/mol. The van der Waals surface area contributed by atoms with Crippen LogP contribution in [0.5, 0.6) is 0 Å². The maximum absolute atomic E-state index is 3.92. The summed E-state index contributed by atoms with van der Waals surface area (Å²) in [7, 11) is 0. The van der Waals surface area contributed by atoms with Gasteiger partial charge in [-0.3, -0.25) is 9.80 Å². The Bertz CT molecular complexity index is 892. The molecule has 5 fully saturated rings. The lowest BCUT2D eigenvalue weighted by molar-refractivity contribution is -0.0338. The largest absolute Gasteiger partial charge is 0.316 e. The van der Waals surface area contributed by atoms with Gasteiger partial charge >= 0.3 is 0 Å². The molecule has 2 aromatic carbocycles. The van der Waals surface area contributed by atoms with E-state index < -0.39 is 0 Å². The van der Waals surface area contributed by atoms with E-state index in [-0.39, 0.29) is 0 Å². The van der Waals surface area contributed by atoms with E-state index in [9.17, 15) is 0 Å². The Morgan fingerprint density at radius 1 is 0.629 bits per heavy atom. The van der Waals surface area contributed by atoms with Crippen molar-refractivity contribution in [3.05, 3.63) is 70.8 Å². The van der Waals surface area contributed by atoms with Gasteiger partial charge in [-0.15, -0.1) is 0 Å². The minimum absolute atomic E-state index is 0.601. The summed E-state index contributed by atoms with van der Waals surface area (Å²) < 4.78 is 0. The first-order valence-corrected chi connectivity index (χ1v) is 14.5. The normalized spacial score (nSPS) is 34.6. The highest BCUT2D eigenvalue weighted by atomic mass is 15.3. The molecule has 1 saturated carbocycles. The number of benzene rings is 2. The fourth-order valence-electron chi connectivity index (χ4n) is 8.04. The van der Waals surface area contributed by atoms with Crippen molar-refractivity contribution in [3.63, 3.8) is 0 Å². The molecule has 4 aliphatic heterocycles. The van der Waals surface area contributed by atoms with Crippen LogP contribution in [0.2, 0.25) is 0 Å². The van der Waals surface area contributed by atoms with E-state index in [1.807, 2.05) is 0 Å². The van der Waals surface area contributed by atoms with Gasteiger partial charge in [0, 0.05) is 36.6 Å². The van der Waals surface area contributed by atoms with Gasteiger partial charge in [0.15, 0.2) is 0 Å². The molecule has 3 nitrogen and oxygen atoms in total. The summed E-state index contributed by atoms with van der Waals surface area (Å²) in [6.07, 6.45) is 10.9. The van der Waals surface area contributed by atoms with Gasteiger partial charge in [0.25, 0.3) is 0 Å². The maximum Gasteiger partial charge on any atom is 0.0351 e. The van der Waals surface area contributed by atoms with E-state index in [4.69, 9.17) is 0 Å². The molecule has 1 N–H and O–H groups in total. The Balaban J connectivity index is 1.30. The van der Waals surface area contributed by atoms with E-state index >= 15 is 0 Å². The predicted octanol–water partition coefficient (Wildman–Crippen LogP) is 6.42. The van der Waals surface area contributed by atoms with E-state index in [2.05, 4.69) is 77.5 Å². The summed E-state index contributed by atoms with van der Waals surface area (Å²) in [6.45, 7) is 9.40. The third kappa shape index (κ3) is 4.84. The van der Waals surface area contributed by atoms with Gasteiger partial charge in [0.2, 0.25) is 0 Å². The van der Waals surface area contributed by atoms with Gasteiger partial charge in [0.1, 0.15) is 0 Å². The lowest BCUT2D eigenvalue weighted by Gasteiger charge is -2.53. The number of hydrogen-bond donors (Lipinski definition) is 1. The summed E-state index contributed by atoms with van der Waals surface area (Å²) in [5.74, 6) is 1.54. The summed E-state index contributed by atoms with van der Waals surface area (Å²) in [6, 6.07) is 21.6. The zero-order chi connectivity index (χ0) is 23.8. The first kappa shape index (κ1) is 23.7. The maximum atomic E-state index is 3.92. The SMILES string of the molecule is Cc1ccc(C2CCCCN2C2CC3CNCC2C(N2CCCCC2c2ccc(C)cc2)C3)cc1. The average Bonchev–Trinajstić information content (AvgIpc) is 3.24. The number of nitrogens with zero attached hydrogens (tertiary/aromatic N) is 2. The van der Waals surface area contributed by atoms with Crippen molar-refractivity contribution in [2.24, 2.45) is 11.8 Å². The first-order chi connectivity index (χ1) is 17.2. The number of likely N-dealkylation sites (tertiary alicyclic amines) is 2. The summed E-state index contributed by atoms with van der Waals surface area (Å²) in [4.78, 5) is 5.96. The van der Waals surface area contributed by atoms with Crippen molar-refractivity contribution in [2.75, 3.05) is 26.2 Å². The molecule has 3 heteroatoms. The molecule has 35 heavy (non-hydrogen) atoms. The number of nitrogens with one attached hydrogen (secondary N) is 1. The second-order valence-electron chi connectivity index (χ2n) is 12.1. The molecule has 7 rings (SSSR count). The second-order valence-corrected chi connectivity index (χ2v) is 12.1. The van der Waals surface area contributed by atoms with E-state index in [1.54, 1.807) is 11.1 Å². The van der Waals surface area contributed by atoms with Crippen LogP contribution in [0.25, 0.3) is 0 Å². The quantitative estimate of drug-likeness (QED) is 0.555. The predicted molar refractivity (Wildman–Crippen MR) is 146 cm³/mol. The van der Waals surface area contributed by atoms with Crippen LogP contribution in [-0.4, -0.2) is 48.1 Å². The molecule has 0 spiro atoms. The summed E-state index contributed by atoms with van der Waals surface area (Å²) in [5, 5.41) is 3.92. The zero-order valence-electron chi connectivity index (χ0n) is 22.0. The van der Waals surface area contributed by atoms with Crippen molar-refractivity contribution in [2.45, 2.75) is 89.4 Å². The third-order valence-corrected chi connectivity index (χ3v) is 9.82. The molecular formula is C32H45N3. The number of rotatable bonds is 4. The average molecular weight is 472 g/mol. The van der Waals surface area contributed by atoms with Gasteiger partial charge in [-0.1, -0.05) is 72.5 Å². The molecular weight excluding hydrogens is 426 g/mol. The summed E-state index contributed by atoms with van der Waals surface area (Å²) in [5.41, 5.74) is 5.85. The second kappa shape index (κ2) is 10.4. The van der Waals surface area contributed by atoms with Crippen LogP contribution in [0.15, 0.2) is 48.5 Å². The number of aryl methyl sites for hydroxylation is 2. The van der Waals surface area contributed by atoms with Crippen molar-refractivity contribution < 1.29 is 0 Å². The molecule has 188 valence electrons. The van der Waals surface area contributed by atoms with Crippen molar-refractivity contribution in [1.29, 1.82) is 0 Å². The van der Waals surface area contributed by atoms with Gasteiger partial charge in [0.05, 0.1) is 0 Å². The fraction of sp³-hybridized carbons (Fsp3) is 0.625. The van der Waals surface area contributed by atoms with Gasteiger partial charge < -0.3 is 5.32 Å². The molecule has 1 aliphatic carbocycles. The first-order valence-electron chi connectivity index (χ1n) is 14.5.